The number of rotatable bonds is 6. The maximum Gasteiger partial charge on any atom is 0.306 e. The first kappa shape index (κ1) is 14.6. The predicted molar refractivity (Wildman–Crippen MR) is 78.6 cm³/mol. The lowest BCUT2D eigenvalue weighted by Crippen LogP contribution is -2.13. The summed E-state index contributed by atoms with van der Waals surface area (Å²) < 4.78 is 5.66. The van der Waals surface area contributed by atoms with Crippen LogP contribution in [0.25, 0.3) is 0 Å². The Labute approximate surface area is 125 Å². The van der Waals surface area contributed by atoms with Crippen LogP contribution in [0.3, 0.4) is 0 Å². The topological polar surface area (TPSA) is 43.4 Å². The number of hydrogen-bond donors (Lipinski definition) is 0. The van der Waals surface area contributed by atoms with E-state index in [-0.39, 0.29) is 11.4 Å². The number of esters is 1. The molecule has 1 aliphatic carbocycles. The van der Waals surface area contributed by atoms with Gasteiger partial charge in [0.05, 0.1) is 13.5 Å². The maximum atomic E-state index is 11.3. The van der Waals surface area contributed by atoms with Gasteiger partial charge in [0.15, 0.2) is 0 Å². The van der Waals surface area contributed by atoms with Gasteiger partial charge in [-0.05, 0) is 46.3 Å². The average Bonchev–Trinajstić information content (AvgIpc) is 3.17. The molecule has 102 valence electrons. The van der Waals surface area contributed by atoms with Crippen LogP contribution in [-0.4, -0.2) is 25.1 Å². The summed E-state index contributed by atoms with van der Waals surface area (Å²) in [7, 11) is 1.43. The van der Waals surface area contributed by atoms with Crippen molar-refractivity contribution in [1.82, 2.24) is 0 Å². The van der Waals surface area contributed by atoms with Crippen molar-refractivity contribution in [1.29, 1.82) is 0 Å². The molecule has 0 bridgehead atoms. The van der Waals surface area contributed by atoms with E-state index in [0.717, 1.165) is 34.2 Å². The minimum Gasteiger partial charge on any atom is -0.469 e. The zero-order valence-electron chi connectivity index (χ0n) is 10.6. The second-order valence-electron chi connectivity index (χ2n) is 4.85. The molecule has 1 aromatic carbocycles. The maximum absolute atomic E-state index is 11.3. The van der Waals surface area contributed by atoms with Gasteiger partial charge < -0.3 is 4.74 Å². The highest BCUT2D eigenvalue weighted by atomic mass is 79.9. The highest BCUT2D eigenvalue weighted by Crippen LogP contribution is 2.52. The first-order valence-corrected chi connectivity index (χ1v) is 7.81. The first-order valence-electron chi connectivity index (χ1n) is 6.03. The van der Waals surface area contributed by atoms with Gasteiger partial charge in [0.25, 0.3) is 0 Å². The SMILES string of the molecule is COC(=O)CC1(CSc2ccc(C=O)cc2Br)CC1. The van der Waals surface area contributed by atoms with Gasteiger partial charge in [0.2, 0.25) is 0 Å². The van der Waals surface area contributed by atoms with Crippen LogP contribution in [0.5, 0.6) is 0 Å². The molecular weight excluding hydrogens is 328 g/mol. The molecule has 2 rings (SSSR count). The number of halogens is 1. The molecule has 5 heteroatoms. The van der Waals surface area contributed by atoms with Crippen molar-refractivity contribution in [2.45, 2.75) is 24.2 Å². The van der Waals surface area contributed by atoms with Gasteiger partial charge in [0, 0.05) is 20.7 Å². The van der Waals surface area contributed by atoms with E-state index in [9.17, 15) is 9.59 Å². The van der Waals surface area contributed by atoms with Crippen LogP contribution in [0.1, 0.15) is 29.6 Å². The van der Waals surface area contributed by atoms with Gasteiger partial charge in [-0.3, -0.25) is 9.59 Å². The monoisotopic (exact) mass is 342 g/mol. The van der Waals surface area contributed by atoms with Crippen molar-refractivity contribution in [2.75, 3.05) is 12.9 Å². The largest absolute Gasteiger partial charge is 0.469 e. The van der Waals surface area contributed by atoms with Crippen LogP contribution in [0.15, 0.2) is 27.6 Å². The van der Waals surface area contributed by atoms with E-state index in [2.05, 4.69) is 15.9 Å². The summed E-state index contributed by atoms with van der Waals surface area (Å²) in [6.45, 7) is 0. The second-order valence-corrected chi connectivity index (χ2v) is 6.72. The Morgan fingerprint density at radius 1 is 1.53 bits per heavy atom. The van der Waals surface area contributed by atoms with Crippen LogP contribution >= 0.6 is 27.7 Å². The lowest BCUT2D eigenvalue weighted by Gasteiger charge is -2.13. The Morgan fingerprint density at radius 3 is 2.79 bits per heavy atom. The van der Waals surface area contributed by atoms with Crippen LogP contribution < -0.4 is 0 Å². The Kier molecular flexibility index (Phi) is 4.68. The van der Waals surface area contributed by atoms with E-state index in [1.807, 2.05) is 12.1 Å². The van der Waals surface area contributed by atoms with Crippen molar-refractivity contribution >= 4 is 39.9 Å². The average molecular weight is 343 g/mol. The third-order valence-electron chi connectivity index (χ3n) is 3.33. The van der Waals surface area contributed by atoms with Crippen molar-refractivity contribution < 1.29 is 14.3 Å². The van der Waals surface area contributed by atoms with Gasteiger partial charge in [0.1, 0.15) is 6.29 Å². The molecular formula is C14H15BrO3S. The molecule has 1 fully saturated rings. The molecule has 19 heavy (non-hydrogen) atoms. The number of aldehydes is 1. The highest BCUT2D eigenvalue weighted by molar-refractivity contribution is 9.10. The van der Waals surface area contributed by atoms with E-state index in [1.54, 1.807) is 17.8 Å². The van der Waals surface area contributed by atoms with Crippen LogP contribution in [0, 0.1) is 5.41 Å². The molecule has 0 aromatic heterocycles. The molecule has 0 atom stereocenters. The summed E-state index contributed by atoms with van der Waals surface area (Å²) in [5.74, 6) is 0.773. The molecule has 0 saturated heterocycles. The molecule has 0 radical (unpaired) electrons. The van der Waals surface area contributed by atoms with E-state index < -0.39 is 0 Å². The highest BCUT2D eigenvalue weighted by Gasteiger charge is 2.44. The third-order valence-corrected chi connectivity index (χ3v) is 5.67. The Bertz CT molecular complexity index is 497. The minimum absolute atomic E-state index is 0.112. The van der Waals surface area contributed by atoms with E-state index in [0.29, 0.717) is 12.0 Å². The summed E-state index contributed by atoms with van der Waals surface area (Å²) >= 11 is 5.19. The molecule has 1 aliphatic rings. The number of carbonyl (C=O) groups is 2. The number of benzene rings is 1. The van der Waals surface area contributed by atoms with Crippen molar-refractivity contribution in [3.8, 4) is 0 Å². The van der Waals surface area contributed by atoms with Crippen molar-refractivity contribution in [3.05, 3.63) is 28.2 Å². The summed E-state index contributed by atoms with van der Waals surface area (Å²) in [6.07, 6.45) is 3.50. The molecule has 0 aliphatic heterocycles. The van der Waals surface area contributed by atoms with Gasteiger partial charge in [-0.15, -0.1) is 11.8 Å². The van der Waals surface area contributed by atoms with Crippen LogP contribution in [0.4, 0.5) is 0 Å². The number of carbonyl (C=O) groups excluding carboxylic acids is 2. The predicted octanol–water partition coefficient (Wildman–Crippen LogP) is 3.70. The van der Waals surface area contributed by atoms with E-state index in [4.69, 9.17) is 4.74 Å². The molecule has 1 saturated carbocycles. The Balaban J connectivity index is 1.95. The number of thioether (sulfide) groups is 1. The summed E-state index contributed by atoms with van der Waals surface area (Å²) in [6, 6.07) is 5.56. The number of methoxy groups -OCH3 is 1. The quantitative estimate of drug-likeness (QED) is 0.449. The zero-order chi connectivity index (χ0) is 13.9. The number of ether oxygens (including phenoxy) is 1. The third kappa shape index (κ3) is 3.83. The molecule has 0 heterocycles. The smallest absolute Gasteiger partial charge is 0.306 e. The standard InChI is InChI=1S/C14H15BrO3S/c1-18-13(17)7-14(4-5-14)9-19-12-3-2-10(8-16)6-11(12)15/h2-3,6,8H,4-5,7,9H2,1H3. The van der Waals surface area contributed by atoms with E-state index >= 15 is 0 Å². The Hall–Kier alpha value is -0.810. The van der Waals surface area contributed by atoms with Gasteiger partial charge >= 0.3 is 5.97 Å². The lowest BCUT2D eigenvalue weighted by molar-refractivity contribution is -0.141. The molecule has 0 amide bonds. The molecule has 0 N–H and O–H groups in total. The molecule has 1 aromatic rings. The molecule has 3 nitrogen and oxygen atoms in total. The van der Waals surface area contributed by atoms with Gasteiger partial charge in [-0.25, -0.2) is 0 Å². The van der Waals surface area contributed by atoms with Gasteiger partial charge in [-0.2, -0.15) is 0 Å². The second kappa shape index (κ2) is 6.09. The fourth-order valence-electron chi connectivity index (χ4n) is 1.87. The summed E-state index contributed by atoms with van der Waals surface area (Å²) in [5.41, 5.74) is 0.771. The van der Waals surface area contributed by atoms with Crippen LogP contribution in [0.2, 0.25) is 0 Å². The summed E-state index contributed by atoms with van der Waals surface area (Å²) in [5, 5.41) is 0. The normalized spacial score (nSPS) is 15.9. The van der Waals surface area contributed by atoms with Gasteiger partial charge in [-0.1, -0.05) is 6.07 Å². The minimum atomic E-state index is -0.131. The van der Waals surface area contributed by atoms with Crippen LogP contribution in [-0.2, 0) is 9.53 Å². The first-order chi connectivity index (χ1) is 9.08. The zero-order valence-corrected chi connectivity index (χ0v) is 13.1. The van der Waals surface area contributed by atoms with Crippen molar-refractivity contribution in [3.63, 3.8) is 0 Å². The lowest BCUT2D eigenvalue weighted by atomic mass is 10.1. The Morgan fingerprint density at radius 2 is 2.26 bits per heavy atom. The molecule has 0 unspecified atom stereocenters. The summed E-state index contributed by atoms with van der Waals surface area (Å²) in [4.78, 5) is 23.1. The molecule has 0 spiro atoms. The fraction of sp³-hybridized carbons (Fsp3) is 0.429. The fourth-order valence-corrected chi connectivity index (χ4v) is 3.82. The van der Waals surface area contributed by atoms with Crippen molar-refractivity contribution in [2.24, 2.45) is 5.41 Å². The van der Waals surface area contributed by atoms with E-state index in [1.165, 1.54) is 7.11 Å². The number of hydrogen-bond acceptors (Lipinski definition) is 4.